The van der Waals surface area contributed by atoms with Crippen LogP contribution in [-0.2, 0) is 13.0 Å². The zero-order valence-electron chi connectivity index (χ0n) is 19.6. The Morgan fingerprint density at radius 2 is 1.85 bits per heavy atom. The van der Waals surface area contributed by atoms with E-state index in [4.69, 9.17) is 22.1 Å². The first-order valence-corrected chi connectivity index (χ1v) is 12.3. The Kier molecular flexibility index (Phi) is 5.78. The Labute approximate surface area is 201 Å². The predicted molar refractivity (Wildman–Crippen MR) is 131 cm³/mol. The molecule has 1 aromatic heterocycles. The van der Waals surface area contributed by atoms with Gasteiger partial charge in [0, 0.05) is 37.8 Å². The van der Waals surface area contributed by atoms with Crippen LogP contribution in [0.1, 0.15) is 61.0 Å². The van der Waals surface area contributed by atoms with Crippen molar-refractivity contribution in [2.45, 2.75) is 58.1 Å². The van der Waals surface area contributed by atoms with Gasteiger partial charge in [0.2, 0.25) is 0 Å². The molecule has 2 saturated heterocycles. The van der Waals surface area contributed by atoms with Crippen LogP contribution in [0.4, 0.5) is 5.82 Å². The minimum atomic E-state index is -0.109. The monoisotopic (exact) mass is 468 g/mol. The van der Waals surface area contributed by atoms with Crippen molar-refractivity contribution in [3.8, 4) is 5.75 Å². The number of rotatable bonds is 3. The summed E-state index contributed by atoms with van der Waals surface area (Å²) in [5, 5.41) is 0.365. The van der Waals surface area contributed by atoms with Gasteiger partial charge in [0.1, 0.15) is 17.2 Å². The Morgan fingerprint density at radius 3 is 2.58 bits per heavy atom. The minimum absolute atomic E-state index is 0.0375. The van der Waals surface area contributed by atoms with Crippen LogP contribution in [0, 0.1) is 5.41 Å². The van der Waals surface area contributed by atoms with Gasteiger partial charge in [-0.1, -0.05) is 23.7 Å². The number of benzene rings is 1. The maximum atomic E-state index is 13.0. The van der Waals surface area contributed by atoms with Crippen molar-refractivity contribution in [2.75, 3.05) is 31.9 Å². The second-order valence-corrected chi connectivity index (χ2v) is 11.0. The highest BCUT2D eigenvalue weighted by molar-refractivity contribution is 6.33. The first-order chi connectivity index (χ1) is 15.7. The van der Waals surface area contributed by atoms with Gasteiger partial charge in [-0.05, 0) is 75.7 Å². The Bertz CT molecular complexity index is 1050. The van der Waals surface area contributed by atoms with Gasteiger partial charge in [0.15, 0.2) is 0 Å². The molecule has 176 valence electrons. The highest BCUT2D eigenvalue weighted by Gasteiger charge is 2.39. The molecule has 0 bridgehead atoms. The number of piperidine rings is 2. The molecule has 2 aromatic rings. The van der Waals surface area contributed by atoms with Crippen molar-refractivity contribution in [1.29, 1.82) is 0 Å². The number of nitrogens with two attached hydrogens (primary N) is 1. The van der Waals surface area contributed by atoms with Crippen molar-refractivity contribution < 1.29 is 9.53 Å². The molecule has 1 aromatic carbocycles. The Hall–Kier alpha value is -2.31. The number of aromatic nitrogens is 1. The number of hydrogen-bond acceptors (Lipinski definition) is 5. The SMILES string of the molecule is CC1(C)Cc2c(CN3CCC4(CC3)CCN(C(=O)c3cc(N)ncc3Cl)CC4)cccc2O1. The lowest BCUT2D eigenvalue weighted by Crippen LogP contribution is -2.48. The third-order valence-corrected chi connectivity index (χ3v) is 8.05. The van der Waals surface area contributed by atoms with Crippen molar-refractivity contribution in [3.05, 3.63) is 52.2 Å². The van der Waals surface area contributed by atoms with Gasteiger partial charge in [0.05, 0.1) is 10.6 Å². The van der Waals surface area contributed by atoms with Crippen LogP contribution in [0.25, 0.3) is 0 Å². The molecule has 7 heteroatoms. The number of ether oxygens (including phenoxy) is 1. The van der Waals surface area contributed by atoms with Crippen molar-refractivity contribution in [3.63, 3.8) is 0 Å². The third kappa shape index (κ3) is 4.56. The molecule has 33 heavy (non-hydrogen) atoms. The fourth-order valence-electron chi connectivity index (χ4n) is 5.71. The van der Waals surface area contributed by atoms with Crippen LogP contribution < -0.4 is 10.5 Å². The van der Waals surface area contributed by atoms with Gasteiger partial charge in [-0.3, -0.25) is 9.69 Å². The average molecular weight is 469 g/mol. The molecule has 0 saturated carbocycles. The van der Waals surface area contributed by atoms with Crippen molar-refractivity contribution in [1.82, 2.24) is 14.8 Å². The summed E-state index contributed by atoms with van der Waals surface area (Å²) in [6.45, 7) is 9.08. The second kappa shape index (κ2) is 8.48. The van der Waals surface area contributed by atoms with Gasteiger partial charge in [-0.15, -0.1) is 0 Å². The standard InChI is InChI=1S/C26H33ClN4O2/c1-25(2)15-20-18(4-3-5-22(20)33-25)17-30-10-6-26(7-11-30)8-12-31(13-9-26)24(32)19-14-23(28)29-16-21(19)27/h3-5,14,16H,6-13,15,17H2,1-2H3,(H2,28,29). The first kappa shape index (κ1) is 22.5. The van der Waals surface area contributed by atoms with Gasteiger partial charge in [-0.25, -0.2) is 4.98 Å². The lowest BCUT2D eigenvalue weighted by molar-refractivity contribution is 0.0285. The van der Waals surface area contributed by atoms with E-state index < -0.39 is 0 Å². The molecule has 0 aliphatic carbocycles. The van der Waals surface area contributed by atoms with Crippen LogP contribution in [0.3, 0.4) is 0 Å². The molecule has 3 aliphatic heterocycles. The van der Waals surface area contributed by atoms with E-state index in [0.29, 0.717) is 21.8 Å². The van der Waals surface area contributed by atoms with Crippen LogP contribution in [0.5, 0.6) is 5.75 Å². The molecule has 1 spiro atoms. The van der Waals surface area contributed by atoms with Crippen LogP contribution in [-0.4, -0.2) is 52.5 Å². The van der Waals surface area contributed by atoms with Crippen LogP contribution in [0.2, 0.25) is 5.02 Å². The molecule has 6 nitrogen and oxygen atoms in total. The van der Waals surface area contributed by atoms with Crippen LogP contribution >= 0.6 is 11.6 Å². The highest BCUT2D eigenvalue weighted by atomic mass is 35.5. The molecule has 3 aliphatic rings. The van der Waals surface area contributed by atoms with E-state index in [1.807, 2.05) is 4.90 Å². The second-order valence-electron chi connectivity index (χ2n) is 10.6. The van der Waals surface area contributed by atoms with Gasteiger partial charge in [0.25, 0.3) is 5.91 Å². The number of nitrogen functional groups attached to an aromatic ring is 1. The Morgan fingerprint density at radius 1 is 1.15 bits per heavy atom. The molecule has 5 rings (SSSR count). The minimum Gasteiger partial charge on any atom is -0.487 e. The quantitative estimate of drug-likeness (QED) is 0.715. The largest absolute Gasteiger partial charge is 0.487 e. The molecule has 1 amide bonds. The summed E-state index contributed by atoms with van der Waals surface area (Å²) >= 11 is 6.21. The summed E-state index contributed by atoms with van der Waals surface area (Å²) in [7, 11) is 0. The van der Waals surface area contributed by atoms with E-state index in [1.165, 1.54) is 30.2 Å². The molecule has 0 unspecified atom stereocenters. The normalized spacial score (nSPS) is 21.6. The molecule has 0 atom stereocenters. The van der Waals surface area contributed by atoms with E-state index in [1.54, 1.807) is 6.07 Å². The van der Waals surface area contributed by atoms with Crippen molar-refractivity contribution >= 4 is 23.3 Å². The number of anilines is 1. The molecule has 2 fully saturated rings. The molecule has 0 radical (unpaired) electrons. The average Bonchev–Trinajstić information content (AvgIpc) is 3.12. The third-order valence-electron chi connectivity index (χ3n) is 7.75. The van der Waals surface area contributed by atoms with E-state index in [-0.39, 0.29) is 11.5 Å². The number of hydrogen-bond donors (Lipinski definition) is 1. The van der Waals surface area contributed by atoms with Gasteiger partial charge in [-0.2, -0.15) is 0 Å². The number of fused-ring (bicyclic) bond motifs is 1. The maximum Gasteiger partial charge on any atom is 0.255 e. The molecule has 4 heterocycles. The number of carbonyl (C=O) groups excluding carboxylic acids is 1. The summed E-state index contributed by atoms with van der Waals surface area (Å²) < 4.78 is 6.12. The van der Waals surface area contributed by atoms with Crippen LogP contribution in [0.15, 0.2) is 30.5 Å². The lowest BCUT2D eigenvalue weighted by atomic mass is 9.71. The van der Waals surface area contributed by atoms with E-state index >= 15 is 0 Å². The van der Waals surface area contributed by atoms with E-state index in [0.717, 1.165) is 57.7 Å². The summed E-state index contributed by atoms with van der Waals surface area (Å²) in [6, 6.07) is 8.06. The fourth-order valence-corrected chi connectivity index (χ4v) is 5.90. The van der Waals surface area contributed by atoms with E-state index in [2.05, 4.69) is 41.9 Å². The number of halogens is 1. The van der Waals surface area contributed by atoms with Gasteiger partial charge >= 0.3 is 0 Å². The predicted octanol–water partition coefficient (Wildman–Crippen LogP) is 4.55. The Balaban J connectivity index is 1.17. The highest BCUT2D eigenvalue weighted by Crippen LogP contribution is 2.43. The number of likely N-dealkylation sites (tertiary alicyclic amines) is 2. The first-order valence-electron chi connectivity index (χ1n) is 12.0. The molecule has 2 N–H and O–H groups in total. The summed E-state index contributed by atoms with van der Waals surface area (Å²) in [6.07, 6.45) is 6.92. The zero-order chi connectivity index (χ0) is 23.2. The lowest BCUT2D eigenvalue weighted by Gasteiger charge is -2.47. The number of carbonyl (C=O) groups is 1. The molecular formula is C26H33ClN4O2. The smallest absolute Gasteiger partial charge is 0.255 e. The zero-order valence-corrected chi connectivity index (χ0v) is 20.3. The maximum absolute atomic E-state index is 13.0. The number of amides is 1. The summed E-state index contributed by atoms with van der Waals surface area (Å²) in [4.78, 5) is 21.4. The summed E-state index contributed by atoms with van der Waals surface area (Å²) in [5.74, 6) is 1.34. The fraction of sp³-hybridized carbons (Fsp3) is 0.538. The van der Waals surface area contributed by atoms with Gasteiger partial charge < -0.3 is 15.4 Å². The number of nitrogens with zero attached hydrogens (tertiary/aromatic N) is 3. The van der Waals surface area contributed by atoms with Crippen molar-refractivity contribution in [2.24, 2.45) is 5.41 Å². The summed E-state index contributed by atoms with van der Waals surface area (Å²) in [5.41, 5.74) is 9.24. The van der Waals surface area contributed by atoms with E-state index in [9.17, 15) is 4.79 Å². The topological polar surface area (TPSA) is 71.7 Å². The number of pyridine rings is 1. The molecular weight excluding hydrogens is 436 g/mol.